The van der Waals surface area contributed by atoms with Crippen molar-refractivity contribution >= 4 is 44.3 Å². The number of aromatic nitrogens is 4. The van der Waals surface area contributed by atoms with Gasteiger partial charge in [-0.3, -0.25) is 4.79 Å². The standard InChI is InChI=1S/C20H16BrF3N6O2/c1-2-13(16(25)31)26-19-27-14-6-4-3-5-11(14)18-28-17(29-30(18)19)12-9-10(21)7-8-15(12)32-20(22,23)24/h3-9,13H,2H2,1H3,(H2,25,31)(H,26,27)/t13-/m1/s1. The maximum Gasteiger partial charge on any atom is 0.573 e. The molecule has 4 rings (SSSR count). The largest absolute Gasteiger partial charge is 0.573 e. The molecule has 0 radical (unpaired) electrons. The molecule has 0 unspecified atom stereocenters. The number of alkyl halides is 3. The summed E-state index contributed by atoms with van der Waals surface area (Å²) in [5, 5.41) is 7.94. The number of primary amides is 1. The summed E-state index contributed by atoms with van der Waals surface area (Å²) in [6.07, 6.45) is -4.50. The maximum atomic E-state index is 12.9. The van der Waals surface area contributed by atoms with Crippen molar-refractivity contribution in [3.8, 4) is 17.1 Å². The van der Waals surface area contributed by atoms with E-state index in [0.717, 1.165) is 0 Å². The van der Waals surface area contributed by atoms with E-state index in [-0.39, 0.29) is 17.3 Å². The molecule has 0 aliphatic heterocycles. The molecule has 4 aromatic rings. The first kappa shape index (κ1) is 21.8. The molecule has 0 bridgehead atoms. The van der Waals surface area contributed by atoms with E-state index in [1.54, 1.807) is 31.2 Å². The Balaban J connectivity index is 1.94. The molecular weight excluding hydrogens is 493 g/mol. The monoisotopic (exact) mass is 508 g/mol. The molecule has 1 atom stereocenters. The van der Waals surface area contributed by atoms with Gasteiger partial charge in [-0.1, -0.05) is 35.0 Å². The molecule has 12 heteroatoms. The highest BCUT2D eigenvalue weighted by molar-refractivity contribution is 9.10. The number of amides is 1. The fourth-order valence-corrected chi connectivity index (χ4v) is 3.55. The molecule has 2 heterocycles. The maximum absolute atomic E-state index is 12.9. The van der Waals surface area contributed by atoms with Crippen molar-refractivity contribution in [1.82, 2.24) is 19.6 Å². The van der Waals surface area contributed by atoms with Crippen LogP contribution in [0.1, 0.15) is 13.3 Å². The topological polar surface area (TPSA) is 107 Å². The lowest BCUT2D eigenvalue weighted by Gasteiger charge is -2.15. The molecule has 2 aromatic carbocycles. The van der Waals surface area contributed by atoms with Gasteiger partial charge in [0.25, 0.3) is 0 Å². The minimum Gasteiger partial charge on any atom is -0.405 e. The van der Waals surface area contributed by atoms with Crippen molar-refractivity contribution in [3.63, 3.8) is 0 Å². The van der Waals surface area contributed by atoms with Gasteiger partial charge < -0.3 is 15.8 Å². The molecule has 32 heavy (non-hydrogen) atoms. The Morgan fingerprint density at radius 3 is 2.69 bits per heavy atom. The molecule has 0 saturated heterocycles. The van der Waals surface area contributed by atoms with Gasteiger partial charge in [-0.2, -0.15) is 4.52 Å². The number of carbonyl (C=O) groups excluding carboxylic acids is 1. The summed E-state index contributed by atoms with van der Waals surface area (Å²) in [6, 6.07) is 10.4. The van der Waals surface area contributed by atoms with E-state index in [4.69, 9.17) is 5.73 Å². The molecule has 0 aliphatic carbocycles. The molecule has 8 nitrogen and oxygen atoms in total. The molecule has 0 saturated carbocycles. The van der Waals surface area contributed by atoms with Crippen molar-refractivity contribution in [3.05, 3.63) is 46.9 Å². The average Bonchev–Trinajstić information content (AvgIpc) is 3.17. The highest BCUT2D eigenvalue weighted by atomic mass is 79.9. The Hall–Kier alpha value is -3.41. The molecular formula is C20H16BrF3N6O2. The van der Waals surface area contributed by atoms with Crippen LogP contribution in [0, 0.1) is 0 Å². The van der Waals surface area contributed by atoms with Crippen molar-refractivity contribution < 1.29 is 22.7 Å². The molecule has 0 fully saturated rings. The van der Waals surface area contributed by atoms with Crippen LogP contribution in [0.3, 0.4) is 0 Å². The number of rotatable bonds is 6. The number of benzene rings is 2. The first-order valence-electron chi connectivity index (χ1n) is 9.43. The fourth-order valence-electron chi connectivity index (χ4n) is 3.18. The highest BCUT2D eigenvalue weighted by Gasteiger charge is 2.33. The van der Waals surface area contributed by atoms with E-state index in [1.807, 2.05) is 0 Å². The van der Waals surface area contributed by atoms with E-state index in [9.17, 15) is 18.0 Å². The zero-order chi connectivity index (χ0) is 23.0. The number of hydrogen-bond donors (Lipinski definition) is 2. The van der Waals surface area contributed by atoms with Gasteiger partial charge in [-0.15, -0.1) is 18.3 Å². The Labute approximate surface area is 187 Å². The number of nitrogens with one attached hydrogen (secondary N) is 1. The minimum atomic E-state index is -4.89. The van der Waals surface area contributed by atoms with Gasteiger partial charge in [0.15, 0.2) is 11.5 Å². The number of anilines is 1. The summed E-state index contributed by atoms with van der Waals surface area (Å²) >= 11 is 3.25. The van der Waals surface area contributed by atoms with Crippen LogP contribution in [0.4, 0.5) is 19.1 Å². The van der Waals surface area contributed by atoms with Gasteiger partial charge in [0, 0.05) is 9.86 Å². The van der Waals surface area contributed by atoms with Gasteiger partial charge in [-0.25, -0.2) is 9.97 Å². The van der Waals surface area contributed by atoms with Crippen LogP contribution < -0.4 is 15.8 Å². The second-order valence-corrected chi connectivity index (χ2v) is 7.73. The Morgan fingerprint density at radius 2 is 2.00 bits per heavy atom. The van der Waals surface area contributed by atoms with Crippen LogP contribution in [0.15, 0.2) is 46.9 Å². The van der Waals surface area contributed by atoms with Crippen LogP contribution in [0.25, 0.3) is 27.9 Å². The normalized spacial score (nSPS) is 12.8. The second-order valence-electron chi connectivity index (χ2n) is 6.82. The van der Waals surface area contributed by atoms with Crippen LogP contribution >= 0.6 is 15.9 Å². The average molecular weight is 509 g/mol. The molecule has 0 spiro atoms. The number of carbonyl (C=O) groups is 1. The van der Waals surface area contributed by atoms with E-state index in [2.05, 4.69) is 41.1 Å². The number of hydrogen-bond acceptors (Lipinski definition) is 6. The van der Waals surface area contributed by atoms with Crippen LogP contribution in [0.2, 0.25) is 0 Å². The van der Waals surface area contributed by atoms with Crippen molar-refractivity contribution in [2.45, 2.75) is 25.7 Å². The summed E-state index contributed by atoms with van der Waals surface area (Å²) in [4.78, 5) is 20.7. The third kappa shape index (κ3) is 4.31. The Morgan fingerprint density at radius 1 is 1.25 bits per heavy atom. The van der Waals surface area contributed by atoms with Gasteiger partial charge in [0.05, 0.1) is 11.1 Å². The third-order valence-electron chi connectivity index (χ3n) is 4.64. The fraction of sp³-hybridized carbons (Fsp3) is 0.200. The molecule has 1 amide bonds. The van der Waals surface area contributed by atoms with Gasteiger partial charge in [0.2, 0.25) is 11.9 Å². The predicted octanol–water partition coefficient (Wildman–Crippen LogP) is 4.28. The predicted molar refractivity (Wildman–Crippen MR) is 115 cm³/mol. The van der Waals surface area contributed by atoms with Gasteiger partial charge in [0.1, 0.15) is 11.8 Å². The minimum absolute atomic E-state index is 0.0149. The summed E-state index contributed by atoms with van der Waals surface area (Å²) in [5.74, 6) is -0.869. The summed E-state index contributed by atoms with van der Waals surface area (Å²) in [5.41, 5.74) is 6.36. The molecule has 3 N–H and O–H groups in total. The molecule has 2 aromatic heterocycles. The SMILES string of the molecule is CC[C@@H](Nc1nc2ccccc2c2nc(-c3cc(Br)ccc3OC(F)(F)F)nn12)C(N)=O. The lowest BCUT2D eigenvalue weighted by Crippen LogP contribution is -2.35. The van der Waals surface area contributed by atoms with E-state index >= 15 is 0 Å². The van der Waals surface area contributed by atoms with E-state index in [1.165, 1.54) is 22.7 Å². The van der Waals surface area contributed by atoms with Crippen LogP contribution in [-0.2, 0) is 4.79 Å². The number of fused-ring (bicyclic) bond motifs is 3. The summed E-state index contributed by atoms with van der Waals surface area (Å²) < 4.78 is 44.8. The first-order chi connectivity index (χ1) is 15.2. The summed E-state index contributed by atoms with van der Waals surface area (Å²) in [6.45, 7) is 1.77. The number of nitrogens with two attached hydrogens (primary N) is 1. The van der Waals surface area contributed by atoms with Gasteiger partial charge >= 0.3 is 6.36 Å². The lowest BCUT2D eigenvalue weighted by atomic mass is 10.2. The van der Waals surface area contributed by atoms with Crippen LogP contribution in [-0.4, -0.2) is 37.9 Å². The molecule has 0 aliphatic rings. The van der Waals surface area contributed by atoms with Crippen molar-refractivity contribution in [2.24, 2.45) is 5.73 Å². The highest BCUT2D eigenvalue weighted by Crippen LogP contribution is 2.35. The van der Waals surface area contributed by atoms with Crippen molar-refractivity contribution in [1.29, 1.82) is 0 Å². The zero-order valence-electron chi connectivity index (χ0n) is 16.5. The zero-order valence-corrected chi connectivity index (χ0v) is 18.1. The Kier molecular flexibility index (Phi) is 5.63. The lowest BCUT2D eigenvalue weighted by molar-refractivity contribution is -0.274. The smallest absolute Gasteiger partial charge is 0.405 e. The number of halogens is 4. The number of ether oxygens (including phenoxy) is 1. The first-order valence-corrected chi connectivity index (χ1v) is 10.2. The summed E-state index contributed by atoms with van der Waals surface area (Å²) in [7, 11) is 0. The molecule has 166 valence electrons. The van der Waals surface area contributed by atoms with Crippen LogP contribution in [0.5, 0.6) is 5.75 Å². The third-order valence-corrected chi connectivity index (χ3v) is 5.14. The quantitative estimate of drug-likeness (QED) is 0.402. The number of para-hydroxylation sites is 1. The van der Waals surface area contributed by atoms with Crippen molar-refractivity contribution in [2.75, 3.05) is 5.32 Å². The second kappa shape index (κ2) is 8.26. The van der Waals surface area contributed by atoms with E-state index in [0.29, 0.717) is 27.4 Å². The Bertz CT molecular complexity index is 1320. The number of nitrogens with zero attached hydrogens (tertiary/aromatic N) is 4. The van der Waals surface area contributed by atoms with Gasteiger partial charge in [-0.05, 0) is 36.8 Å². The van der Waals surface area contributed by atoms with E-state index < -0.39 is 24.1 Å².